The van der Waals surface area contributed by atoms with Crippen molar-refractivity contribution >= 4 is 11.0 Å². The van der Waals surface area contributed by atoms with Crippen LogP contribution in [0.2, 0.25) is 0 Å². The summed E-state index contributed by atoms with van der Waals surface area (Å²) < 4.78 is 2.40. The van der Waals surface area contributed by atoms with Crippen LogP contribution in [-0.4, -0.2) is 14.5 Å². The van der Waals surface area contributed by atoms with E-state index in [0.29, 0.717) is 0 Å². The molecule has 1 spiro atoms. The number of para-hydroxylation sites is 2. The predicted molar refractivity (Wildman–Crippen MR) is 211 cm³/mol. The van der Waals surface area contributed by atoms with Crippen LogP contribution in [0.25, 0.3) is 72.9 Å². The smallest absolute Gasteiger partial charge is 0.145 e. The molecule has 0 saturated carbocycles. The average Bonchev–Trinajstić information content (AvgIpc) is 3.76. The SMILES string of the molecule is c1ccc(-c2ccc(-c3cc(-c4nc5cccc6c5n4-c4ccccc4C64c5ccccc5-c5ccccc54)cc(-c4ccccc4)n3)cc2)cc1. The number of hydrogen-bond acceptors (Lipinski definition) is 2. The van der Waals surface area contributed by atoms with E-state index < -0.39 is 5.41 Å². The van der Waals surface area contributed by atoms with Crippen molar-refractivity contribution in [3.05, 3.63) is 210 Å². The molecule has 11 rings (SSSR count). The van der Waals surface area contributed by atoms with E-state index in [9.17, 15) is 0 Å². The molecule has 3 nitrogen and oxygen atoms in total. The molecule has 0 unspecified atom stereocenters. The second kappa shape index (κ2) is 11.1. The summed E-state index contributed by atoms with van der Waals surface area (Å²) in [4.78, 5) is 10.7. The minimum absolute atomic E-state index is 0.463. The number of rotatable bonds is 4. The van der Waals surface area contributed by atoms with Gasteiger partial charge >= 0.3 is 0 Å². The summed E-state index contributed by atoms with van der Waals surface area (Å²) in [6.45, 7) is 0. The quantitative estimate of drug-likeness (QED) is 0.188. The van der Waals surface area contributed by atoms with Crippen LogP contribution in [-0.2, 0) is 5.41 Å². The fourth-order valence-corrected chi connectivity index (χ4v) is 8.83. The highest BCUT2D eigenvalue weighted by Crippen LogP contribution is 2.60. The Morgan fingerprint density at radius 1 is 0.365 bits per heavy atom. The highest BCUT2D eigenvalue weighted by atomic mass is 15.1. The topological polar surface area (TPSA) is 30.7 Å². The van der Waals surface area contributed by atoms with Gasteiger partial charge in [-0.25, -0.2) is 9.97 Å². The number of fused-ring (bicyclic) bond motifs is 9. The average molecular weight is 662 g/mol. The third-order valence-corrected chi connectivity index (χ3v) is 11.0. The van der Waals surface area contributed by atoms with E-state index in [4.69, 9.17) is 9.97 Å². The largest absolute Gasteiger partial charge is 0.292 e. The molecule has 0 saturated heterocycles. The zero-order valence-electron chi connectivity index (χ0n) is 28.2. The molecule has 2 aromatic heterocycles. The summed E-state index contributed by atoms with van der Waals surface area (Å²) >= 11 is 0. The van der Waals surface area contributed by atoms with Gasteiger partial charge in [-0.1, -0.05) is 164 Å². The lowest BCUT2D eigenvalue weighted by atomic mass is 9.65. The number of hydrogen-bond donors (Lipinski definition) is 0. The van der Waals surface area contributed by atoms with E-state index in [-0.39, 0.29) is 0 Å². The Hall–Kier alpha value is -6.84. The number of aromatic nitrogens is 3. The van der Waals surface area contributed by atoms with Crippen molar-refractivity contribution in [1.82, 2.24) is 14.5 Å². The highest BCUT2D eigenvalue weighted by molar-refractivity contribution is 5.97. The molecule has 242 valence electrons. The second-order valence-corrected chi connectivity index (χ2v) is 13.7. The first-order chi connectivity index (χ1) is 25.8. The van der Waals surface area contributed by atoms with Gasteiger partial charge in [0.2, 0.25) is 0 Å². The molecule has 1 aliphatic heterocycles. The first-order valence-corrected chi connectivity index (χ1v) is 17.8. The van der Waals surface area contributed by atoms with Crippen LogP contribution >= 0.6 is 0 Å². The van der Waals surface area contributed by atoms with Crippen molar-refractivity contribution < 1.29 is 0 Å². The molecule has 0 bridgehead atoms. The molecular weight excluding hydrogens is 631 g/mol. The van der Waals surface area contributed by atoms with Crippen molar-refractivity contribution in [1.29, 1.82) is 0 Å². The summed E-state index contributed by atoms with van der Waals surface area (Å²) in [5.41, 5.74) is 17.9. The van der Waals surface area contributed by atoms with E-state index in [1.54, 1.807) is 0 Å². The van der Waals surface area contributed by atoms with Gasteiger partial charge < -0.3 is 0 Å². The van der Waals surface area contributed by atoms with E-state index in [1.807, 2.05) is 0 Å². The van der Waals surface area contributed by atoms with Gasteiger partial charge in [0.15, 0.2) is 0 Å². The van der Waals surface area contributed by atoms with Gasteiger partial charge in [-0.15, -0.1) is 0 Å². The maximum absolute atomic E-state index is 5.48. The molecule has 2 aliphatic rings. The van der Waals surface area contributed by atoms with E-state index in [1.165, 1.54) is 44.5 Å². The number of benzene rings is 7. The zero-order chi connectivity index (χ0) is 34.2. The van der Waals surface area contributed by atoms with Gasteiger partial charge in [-0.05, 0) is 68.8 Å². The van der Waals surface area contributed by atoms with Gasteiger partial charge in [0.1, 0.15) is 5.82 Å². The van der Waals surface area contributed by atoms with Crippen molar-refractivity contribution in [2.45, 2.75) is 5.41 Å². The first-order valence-electron chi connectivity index (χ1n) is 17.8. The van der Waals surface area contributed by atoms with Crippen molar-refractivity contribution in [2.24, 2.45) is 0 Å². The Bertz CT molecular complexity index is 2790. The van der Waals surface area contributed by atoms with Crippen LogP contribution in [0.3, 0.4) is 0 Å². The van der Waals surface area contributed by atoms with E-state index in [0.717, 1.165) is 50.6 Å². The molecule has 0 atom stereocenters. The number of nitrogens with zero attached hydrogens (tertiary/aromatic N) is 3. The Balaban J connectivity index is 1.18. The molecule has 1 aliphatic carbocycles. The molecule has 9 aromatic rings. The van der Waals surface area contributed by atoms with Gasteiger partial charge in [0.05, 0.1) is 33.5 Å². The van der Waals surface area contributed by atoms with Crippen molar-refractivity contribution in [3.8, 4) is 61.8 Å². The zero-order valence-corrected chi connectivity index (χ0v) is 28.2. The third kappa shape index (κ3) is 4.02. The summed E-state index contributed by atoms with van der Waals surface area (Å²) in [5.74, 6) is 0.908. The van der Waals surface area contributed by atoms with Crippen LogP contribution in [0.4, 0.5) is 0 Å². The summed E-state index contributed by atoms with van der Waals surface area (Å²) in [6, 6.07) is 67.6. The molecule has 0 amide bonds. The predicted octanol–water partition coefficient (Wildman–Crippen LogP) is 11.8. The van der Waals surface area contributed by atoms with Gasteiger partial charge in [-0.2, -0.15) is 0 Å². The number of pyridine rings is 1. The van der Waals surface area contributed by atoms with E-state index in [2.05, 4.69) is 193 Å². The minimum Gasteiger partial charge on any atom is -0.292 e. The Morgan fingerprint density at radius 3 is 1.54 bits per heavy atom. The molecule has 3 heteroatoms. The molecule has 7 aromatic carbocycles. The van der Waals surface area contributed by atoms with Crippen molar-refractivity contribution in [2.75, 3.05) is 0 Å². The summed E-state index contributed by atoms with van der Waals surface area (Å²) in [7, 11) is 0. The molecular formula is C49H31N3. The normalized spacial score (nSPS) is 13.2. The van der Waals surface area contributed by atoms with Crippen molar-refractivity contribution in [3.63, 3.8) is 0 Å². The Morgan fingerprint density at radius 2 is 0.865 bits per heavy atom. The molecule has 3 heterocycles. The fourth-order valence-electron chi connectivity index (χ4n) is 8.83. The molecule has 0 N–H and O–H groups in total. The molecule has 0 fully saturated rings. The van der Waals surface area contributed by atoms with Crippen LogP contribution in [0, 0.1) is 0 Å². The lowest BCUT2D eigenvalue weighted by molar-refractivity contribution is 0.746. The summed E-state index contributed by atoms with van der Waals surface area (Å²) in [5, 5.41) is 0. The lowest BCUT2D eigenvalue weighted by Gasteiger charge is -2.39. The van der Waals surface area contributed by atoms with Crippen LogP contribution in [0.5, 0.6) is 0 Å². The Labute approximate surface area is 302 Å². The molecule has 0 radical (unpaired) electrons. The van der Waals surface area contributed by atoms with Gasteiger partial charge in [0.25, 0.3) is 0 Å². The van der Waals surface area contributed by atoms with Crippen LogP contribution in [0.15, 0.2) is 188 Å². The fraction of sp³-hybridized carbons (Fsp3) is 0.0204. The maximum atomic E-state index is 5.48. The first kappa shape index (κ1) is 28.9. The molecule has 52 heavy (non-hydrogen) atoms. The van der Waals surface area contributed by atoms with Crippen LogP contribution < -0.4 is 0 Å². The lowest BCUT2D eigenvalue weighted by Crippen LogP contribution is -2.33. The Kier molecular flexibility index (Phi) is 6.17. The summed E-state index contributed by atoms with van der Waals surface area (Å²) in [6.07, 6.45) is 0. The standard InChI is InChI=1S/C49H31N3/c1-3-14-32(15-4-1)33-26-28-35(29-27-33)45-31-36(30-44(50-45)34-16-5-2-6-17-34)48-51-43-24-13-23-42-47(43)52(48)46-25-12-11-22-41(46)49(42)39-20-9-7-18-37(39)38-19-8-10-21-40(38)49/h1-31H. The second-order valence-electron chi connectivity index (χ2n) is 13.7. The highest BCUT2D eigenvalue weighted by Gasteiger charge is 2.50. The monoisotopic (exact) mass is 661 g/mol. The van der Waals surface area contributed by atoms with Gasteiger partial charge in [0, 0.05) is 16.7 Å². The third-order valence-electron chi connectivity index (χ3n) is 11.0. The van der Waals surface area contributed by atoms with Crippen LogP contribution in [0.1, 0.15) is 22.3 Å². The van der Waals surface area contributed by atoms with Gasteiger partial charge in [-0.3, -0.25) is 4.57 Å². The minimum atomic E-state index is -0.463. The van der Waals surface area contributed by atoms with E-state index >= 15 is 0 Å². The maximum Gasteiger partial charge on any atom is 0.145 e. The number of imidazole rings is 1.